The van der Waals surface area contributed by atoms with E-state index in [0.29, 0.717) is 34.4 Å². The number of amides is 2. The molecule has 0 radical (unpaired) electrons. The predicted molar refractivity (Wildman–Crippen MR) is 155 cm³/mol. The van der Waals surface area contributed by atoms with E-state index in [9.17, 15) is 36.8 Å². The number of halogens is 5. The number of anilines is 1. The van der Waals surface area contributed by atoms with E-state index in [2.05, 4.69) is 5.32 Å². The molecular weight excluding hydrogens is 595 g/mol. The SMILES string of the molecule is CCN1C(=O)[C@@H](NC(=O)c2cccc(C(F)(F)F)c2)[C@@H](c2ccc(F)cc2)c2c(CN(C#N)CCF)nn(-c3ccccc3)c21. The molecule has 1 aliphatic rings. The number of hydrogen-bond donors (Lipinski definition) is 1. The lowest BCUT2D eigenvalue weighted by Gasteiger charge is -2.38. The van der Waals surface area contributed by atoms with Crippen LogP contribution in [0.3, 0.4) is 0 Å². The molecule has 8 nitrogen and oxygen atoms in total. The largest absolute Gasteiger partial charge is 0.416 e. The van der Waals surface area contributed by atoms with Gasteiger partial charge in [-0.15, -0.1) is 0 Å². The second-order valence-electron chi connectivity index (χ2n) is 10.3. The molecule has 4 aromatic rings. The first-order chi connectivity index (χ1) is 21.6. The maximum absolute atomic E-state index is 14.2. The molecule has 1 aromatic heterocycles. The number of rotatable bonds is 9. The summed E-state index contributed by atoms with van der Waals surface area (Å²) in [4.78, 5) is 30.3. The molecule has 3 aromatic carbocycles. The van der Waals surface area contributed by atoms with Crippen molar-refractivity contribution in [1.29, 1.82) is 5.26 Å². The van der Waals surface area contributed by atoms with Crippen LogP contribution in [0.2, 0.25) is 0 Å². The van der Waals surface area contributed by atoms with Crippen molar-refractivity contribution < 1.29 is 31.5 Å². The summed E-state index contributed by atoms with van der Waals surface area (Å²) in [6.45, 7) is 0.628. The molecule has 0 bridgehead atoms. The van der Waals surface area contributed by atoms with E-state index in [-0.39, 0.29) is 25.2 Å². The minimum atomic E-state index is -4.70. The Kier molecular flexibility index (Phi) is 8.85. The topological polar surface area (TPSA) is 94.3 Å². The van der Waals surface area contributed by atoms with E-state index in [1.54, 1.807) is 37.3 Å². The van der Waals surface area contributed by atoms with Gasteiger partial charge in [0, 0.05) is 23.6 Å². The zero-order valence-electron chi connectivity index (χ0n) is 23.9. The maximum atomic E-state index is 14.2. The quantitative estimate of drug-likeness (QED) is 0.150. The highest BCUT2D eigenvalue weighted by atomic mass is 19.4. The number of carbonyl (C=O) groups excluding carboxylic acids is 2. The highest BCUT2D eigenvalue weighted by molar-refractivity contribution is 6.05. The van der Waals surface area contributed by atoms with Gasteiger partial charge in [-0.1, -0.05) is 36.4 Å². The summed E-state index contributed by atoms with van der Waals surface area (Å²) in [5, 5.41) is 17.1. The van der Waals surface area contributed by atoms with E-state index in [1.807, 2.05) is 6.19 Å². The molecule has 1 N–H and O–H groups in total. The molecule has 232 valence electrons. The summed E-state index contributed by atoms with van der Waals surface area (Å²) in [6.07, 6.45) is -2.76. The third-order valence-corrected chi connectivity index (χ3v) is 7.53. The monoisotopic (exact) mass is 622 g/mol. The van der Waals surface area contributed by atoms with E-state index < -0.39 is 48.0 Å². The fraction of sp³-hybridized carbons (Fsp3) is 0.250. The minimum absolute atomic E-state index is 0.113. The Hall–Kier alpha value is -5.25. The van der Waals surface area contributed by atoms with Crippen molar-refractivity contribution in [2.45, 2.75) is 31.6 Å². The molecule has 45 heavy (non-hydrogen) atoms. The number of hydrogen-bond acceptors (Lipinski definition) is 5. The molecule has 0 aliphatic carbocycles. The average molecular weight is 623 g/mol. The number of nitrogens with zero attached hydrogens (tertiary/aromatic N) is 5. The molecule has 0 unspecified atom stereocenters. The molecule has 0 fully saturated rings. The summed E-state index contributed by atoms with van der Waals surface area (Å²) in [6, 6.07) is 16.5. The predicted octanol–water partition coefficient (Wildman–Crippen LogP) is 5.58. The third kappa shape index (κ3) is 6.22. The second-order valence-corrected chi connectivity index (χ2v) is 10.3. The third-order valence-electron chi connectivity index (χ3n) is 7.53. The van der Waals surface area contributed by atoms with Crippen LogP contribution in [-0.4, -0.2) is 52.3 Å². The number of alkyl halides is 4. The summed E-state index contributed by atoms with van der Waals surface area (Å²) in [7, 11) is 0. The van der Waals surface area contributed by atoms with Crippen LogP contribution < -0.4 is 10.2 Å². The Bertz CT molecular complexity index is 1730. The lowest BCUT2D eigenvalue weighted by atomic mass is 9.80. The second kappa shape index (κ2) is 12.8. The zero-order chi connectivity index (χ0) is 32.3. The van der Waals surface area contributed by atoms with Gasteiger partial charge in [-0.05, 0) is 55.0 Å². The molecule has 1 aliphatic heterocycles. The number of nitrogens with one attached hydrogen (secondary N) is 1. The summed E-state index contributed by atoms with van der Waals surface area (Å²) in [5.74, 6) is -2.74. The van der Waals surface area contributed by atoms with Gasteiger partial charge in [0.1, 0.15) is 24.4 Å². The van der Waals surface area contributed by atoms with Crippen LogP contribution in [-0.2, 0) is 17.5 Å². The average Bonchev–Trinajstić information content (AvgIpc) is 3.40. The van der Waals surface area contributed by atoms with Gasteiger partial charge < -0.3 is 10.2 Å². The molecule has 0 spiro atoms. The molecule has 5 rings (SSSR count). The lowest BCUT2D eigenvalue weighted by Crippen LogP contribution is -2.55. The van der Waals surface area contributed by atoms with Crippen molar-refractivity contribution in [2.24, 2.45) is 0 Å². The fourth-order valence-corrected chi connectivity index (χ4v) is 5.48. The first kappa shape index (κ1) is 31.2. The number of aromatic nitrogens is 2. The molecule has 2 atom stereocenters. The maximum Gasteiger partial charge on any atom is 0.416 e. The van der Waals surface area contributed by atoms with Gasteiger partial charge in [0.25, 0.3) is 11.8 Å². The number of nitriles is 1. The molecule has 13 heteroatoms. The van der Waals surface area contributed by atoms with Crippen LogP contribution in [0.4, 0.5) is 27.8 Å². The summed E-state index contributed by atoms with van der Waals surface area (Å²) < 4.78 is 69.2. The first-order valence-electron chi connectivity index (χ1n) is 14.0. The van der Waals surface area contributed by atoms with E-state index in [0.717, 1.165) is 17.0 Å². The first-order valence-corrected chi connectivity index (χ1v) is 14.0. The van der Waals surface area contributed by atoms with Crippen LogP contribution in [0.25, 0.3) is 5.69 Å². The summed E-state index contributed by atoms with van der Waals surface area (Å²) >= 11 is 0. The van der Waals surface area contributed by atoms with Gasteiger partial charge >= 0.3 is 6.18 Å². The number of benzene rings is 3. The van der Waals surface area contributed by atoms with Crippen molar-refractivity contribution in [1.82, 2.24) is 20.0 Å². The molecule has 2 amide bonds. The van der Waals surface area contributed by atoms with Crippen LogP contribution in [0.1, 0.15) is 45.6 Å². The van der Waals surface area contributed by atoms with Gasteiger partial charge in [-0.3, -0.25) is 14.5 Å². The standard InChI is InChI=1S/C32H27F5N6O2/c1-2-42-30-27(25(18-41(19-38)16-15-33)40-43(30)24-9-4-3-5-10-24)26(20-11-13-23(34)14-12-20)28(31(42)45)39-29(44)21-7-6-8-22(17-21)32(35,36)37/h3-14,17,26,28H,2,15-16,18H2,1H3,(H,39,44)/t26-,28-/m0/s1. The van der Waals surface area contributed by atoms with Crippen LogP contribution in [0.5, 0.6) is 0 Å². The minimum Gasteiger partial charge on any atom is -0.339 e. The van der Waals surface area contributed by atoms with Gasteiger partial charge in [0.05, 0.1) is 30.0 Å². The Balaban J connectivity index is 1.71. The van der Waals surface area contributed by atoms with Crippen molar-refractivity contribution in [3.8, 4) is 11.9 Å². The van der Waals surface area contributed by atoms with Crippen LogP contribution in [0, 0.1) is 17.3 Å². The van der Waals surface area contributed by atoms with E-state index >= 15 is 0 Å². The van der Waals surface area contributed by atoms with Gasteiger partial charge in [0.15, 0.2) is 6.19 Å². The fourth-order valence-electron chi connectivity index (χ4n) is 5.48. The Morgan fingerprint density at radius 3 is 2.40 bits per heavy atom. The van der Waals surface area contributed by atoms with Gasteiger partial charge in [-0.2, -0.15) is 23.5 Å². The number of para-hydroxylation sites is 1. The molecular formula is C32H27F5N6O2. The van der Waals surface area contributed by atoms with Gasteiger partial charge in [0.2, 0.25) is 0 Å². The van der Waals surface area contributed by atoms with E-state index in [4.69, 9.17) is 5.10 Å². The van der Waals surface area contributed by atoms with Crippen molar-refractivity contribution in [3.63, 3.8) is 0 Å². The normalized spacial score (nSPS) is 16.2. The highest BCUT2D eigenvalue weighted by Crippen LogP contribution is 2.44. The number of likely N-dealkylation sites (N-methyl/N-ethyl adjacent to an activating group) is 1. The van der Waals surface area contributed by atoms with Gasteiger partial charge in [-0.25, -0.2) is 13.5 Å². The Labute approximate surface area is 255 Å². The van der Waals surface area contributed by atoms with E-state index in [1.165, 1.54) is 39.9 Å². The zero-order valence-corrected chi connectivity index (χ0v) is 23.9. The lowest BCUT2D eigenvalue weighted by molar-refractivity contribution is -0.137. The number of carbonyl (C=O) groups is 2. The Morgan fingerprint density at radius 1 is 1.07 bits per heavy atom. The molecule has 2 heterocycles. The van der Waals surface area contributed by atoms with Crippen molar-refractivity contribution >= 4 is 17.6 Å². The van der Waals surface area contributed by atoms with Crippen LogP contribution >= 0.6 is 0 Å². The van der Waals surface area contributed by atoms with Crippen molar-refractivity contribution in [3.05, 3.63) is 113 Å². The summed E-state index contributed by atoms with van der Waals surface area (Å²) in [5.41, 5.74) is 0.336. The Morgan fingerprint density at radius 2 is 1.78 bits per heavy atom. The highest BCUT2D eigenvalue weighted by Gasteiger charge is 2.46. The molecule has 0 saturated heterocycles. The van der Waals surface area contributed by atoms with Crippen LogP contribution in [0.15, 0.2) is 78.9 Å². The van der Waals surface area contributed by atoms with Crippen molar-refractivity contribution in [2.75, 3.05) is 24.7 Å². The molecule has 0 saturated carbocycles. The number of fused-ring (bicyclic) bond motifs is 1. The smallest absolute Gasteiger partial charge is 0.339 e.